The highest BCUT2D eigenvalue weighted by Crippen LogP contribution is 2.14. The predicted molar refractivity (Wildman–Crippen MR) is 83.5 cm³/mol. The minimum Gasteiger partial charge on any atom is -0.481 e. The number of rotatable bonds is 5. The molecule has 0 aliphatic heterocycles. The van der Waals surface area contributed by atoms with Crippen LogP contribution in [0.3, 0.4) is 0 Å². The summed E-state index contributed by atoms with van der Waals surface area (Å²) in [5, 5.41) is 3.24. The van der Waals surface area contributed by atoms with Crippen molar-refractivity contribution in [3.8, 4) is 5.75 Å². The third kappa shape index (κ3) is 5.44. The van der Waals surface area contributed by atoms with Gasteiger partial charge in [0, 0.05) is 6.54 Å². The largest absolute Gasteiger partial charge is 0.481 e. The minimum absolute atomic E-state index is 0.287. The first kappa shape index (κ1) is 16.2. The number of carbonyl (C=O) groups is 1. The maximum Gasteiger partial charge on any atom is 0.279 e. The van der Waals surface area contributed by atoms with E-state index in [9.17, 15) is 4.79 Å². The van der Waals surface area contributed by atoms with Crippen LogP contribution in [-0.4, -0.2) is 23.7 Å². The Morgan fingerprint density at radius 2 is 1.90 bits per heavy atom. The van der Waals surface area contributed by atoms with E-state index in [0.717, 1.165) is 6.42 Å². The van der Waals surface area contributed by atoms with Gasteiger partial charge in [-0.25, -0.2) is 0 Å². The van der Waals surface area contributed by atoms with E-state index in [1.165, 1.54) is 5.56 Å². The van der Waals surface area contributed by atoms with Crippen LogP contribution < -0.4 is 20.9 Å². The van der Waals surface area contributed by atoms with Crippen molar-refractivity contribution in [3.63, 3.8) is 0 Å². The summed E-state index contributed by atoms with van der Waals surface area (Å²) in [4.78, 5) is 11.8. The Labute approximate surface area is 125 Å². The molecule has 0 aliphatic rings. The molecule has 0 spiro atoms. The number of aryl methyl sites for hydroxylation is 1. The summed E-state index contributed by atoms with van der Waals surface area (Å²) in [6.45, 7) is 6.38. The van der Waals surface area contributed by atoms with Gasteiger partial charge in [0.25, 0.3) is 5.91 Å². The number of nitrogens with one attached hydrogen (secondary N) is 3. The van der Waals surface area contributed by atoms with Crippen LogP contribution in [0.5, 0.6) is 5.75 Å². The fourth-order valence-electron chi connectivity index (χ4n) is 1.49. The summed E-state index contributed by atoms with van der Waals surface area (Å²) in [6, 6.07) is 7.69. The van der Waals surface area contributed by atoms with E-state index >= 15 is 0 Å². The molecule has 0 unspecified atom stereocenters. The summed E-state index contributed by atoms with van der Waals surface area (Å²) in [5.74, 6) is 0.379. The molecule has 5 nitrogen and oxygen atoms in total. The zero-order valence-corrected chi connectivity index (χ0v) is 12.8. The number of thiocarbonyl (C=S) groups is 1. The highest BCUT2D eigenvalue weighted by atomic mass is 32.1. The number of amides is 1. The summed E-state index contributed by atoms with van der Waals surface area (Å²) in [6.07, 6.45) is 0.363. The molecule has 1 amide bonds. The quantitative estimate of drug-likeness (QED) is 0.568. The molecular formula is C14H21N3O2S. The van der Waals surface area contributed by atoms with E-state index in [2.05, 4.69) is 23.1 Å². The first-order chi connectivity index (χ1) is 9.56. The van der Waals surface area contributed by atoms with E-state index in [0.29, 0.717) is 17.4 Å². The standard InChI is InChI=1S/C14H21N3O2S/c1-4-11-6-8-12(9-7-11)19-10(3)13(18)16-17-14(20)15-5-2/h6-10H,4-5H2,1-3H3,(H,16,18)(H2,15,17,20)/t10-/m0/s1. The average molecular weight is 295 g/mol. The molecular weight excluding hydrogens is 274 g/mol. The van der Waals surface area contributed by atoms with Crippen molar-refractivity contribution in [3.05, 3.63) is 29.8 Å². The van der Waals surface area contributed by atoms with Crippen molar-refractivity contribution >= 4 is 23.2 Å². The first-order valence-corrected chi connectivity index (χ1v) is 7.07. The Morgan fingerprint density at radius 1 is 1.25 bits per heavy atom. The first-order valence-electron chi connectivity index (χ1n) is 6.66. The van der Waals surface area contributed by atoms with Crippen molar-refractivity contribution in [1.82, 2.24) is 16.2 Å². The Kier molecular flexibility index (Phi) is 6.79. The van der Waals surface area contributed by atoms with Gasteiger partial charge in [0.1, 0.15) is 5.75 Å². The molecule has 0 heterocycles. The van der Waals surface area contributed by atoms with Gasteiger partial charge in [-0.1, -0.05) is 19.1 Å². The molecule has 1 aromatic rings. The molecule has 0 bridgehead atoms. The van der Waals surface area contributed by atoms with Crippen LogP contribution in [0.2, 0.25) is 0 Å². The lowest BCUT2D eigenvalue weighted by atomic mass is 10.2. The zero-order chi connectivity index (χ0) is 15.0. The molecule has 110 valence electrons. The summed E-state index contributed by atoms with van der Waals surface area (Å²) >= 11 is 4.94. The molecule has 0 fully saturated rings. The van der Waals surface area contributed by atoms with Crippen LogP contribution in [0.15, 0.2) is 24.3 Å². The number of hydrogen-bond donors (Lipinski definition) is 3. The van der Waals surface area contributed by atoms with Crippen LogP contribution in [0, 0.1) is 0 Å². The smallest absolute Gasteiger partial charge is 0.279 e. The Hall–Kier alpha value is -1.82. The molecule has 0 saturated carbocycles. The van der Waals surface area contributed by atoms with Crippen molar-refractivity contribution in [2.45, 2.75) is 33.3 Å². The maximum atomic E-state index is 11.8. The fourth-order valence-corrected chi connectivity index (χ4v) is 1.68. The van der Waals surface area contributed by atoms with E-state index in [4.69, 9.17) is 17.0 Å². The Balaban J connectivity index is 2.42. The normalized spacial score (nSPS) is 11.3. The Morgan fingerprint density at radius 3 is 2.45 bits per heavy atom. The van der Waals surface area contributed by atoms with Crippen molar-refractivity contribution < 1.29 is 9.53 Å². The average Bonchev–Trinajstić information content (AvgIpc) is 2.45. The number of ether oxygens (including phenoxy) is 1. The van der Waals surface area contributed by atoms with Gasteiger partial charge in [-0.05, 0) is 50.2 Å². The van der Waals surface area contributed by atoms with E-state index in [-0.39, 0.29) is 5.91 Å². The molecule has 0 radical (unpaired) electrons. The lowest BCUT2D eigenvalue weighted by Crippen LogP contribution is -2.50. The molecule has 1 aromatic carbocycles. The Bertz CT molecular complexity index is 448. The predicted octanol–water partition coefficient (Wildman–Crippen LogP) is 1.53. The minimum atomic E-state index is -0.612. The second-order valence-corrected chi connectivity index (χ2v) is 4.64. The fraction of sp³-hybridized carbons (Fsp3) is 0.429. The van der Waals surface area contributed by atoms with Gasteiger partial charge >= 0.3 is 0 Å². The summed E-state index contributed by atoms with van der Waals surface area (Å²) in [7, 11) is 0. The van der Waals surface area contributed by atoms with E-state index in [1.807, 2.05) is 31.2 Å². The maximum absolute atomic E-state index is 11.8. The highest BCUT2D eigenvalue weighted by Gasteiger charge is 2.14. The van der Waals surface area contributed by atoms with Crippen LogP contribution in [-0.2, 0) is 11.2 Å². The van der Waals surface area contributed by atoms with Gasteiger partial charge in [-0.3, -0.25) is 15.6 Å². The van der Waals surface area contributed by atoms with Crippen molar-refractivity contribution in [2.24, 2.45) is 0 Å². The third-order valence-corrected chi connectivity index (χ3v) is 2.90. The molecule has 1 rings (SSSR count). The zero-order valence-electron chi connectivity index (χ0n) is 12.0. The van der Waals surface area contributed by atoms with Crippen molar-refractivity contribution in [2.75, 3.05) is 6.54 Å². The number of hydrogen-bond acceptors (Lipinski definition) is 3. The van der Waals surface area contributed by atoms with Crippen LogP contribution in [0.4, 0.5) is 0 Å². The lowest BCUT2D eigenvalue weighted by Gasteiger charge is -2.16. The van der Waals surface area contributed by atoms with Gasteiger partial charge in [0.15, 0.2) is 11.2 Å². The van der Waals surface area contributed by atoms with Crippen LogP contribution in [0.1, 0.15) is 26.3 Å². The second-order valence-electron chi connectivity index (χ2n) is 4.23. The van der Waals surface area contributed by atoms with Gasteiger partial charge in [-0.15, -0.1) is 0 Å². The SMILES string of the molecule is CCNC(=S)NNC(=O)[C@H](C)Oc1ccc(CC)cc1. The lowest BCUT2D eigenvalue weighted by molar-refractivity contribution is -0.127. The van der Waals surface area contributed by atoms with E-state index in [1.54, 1.807) is 6.92 Å². The number of hydrazine groups is 1. The van der Waals surface area contributed by atoms with Gasteiger partial charge in [-0.2, -0.15) is 0 Å². The van der Waals surface area contributed by atoms with Gasteiger partial charge in [0.2, 0.25) is 0 Å². The highest BCUT2D eigenvalue weighted by molar-refractivity contribution is 7.80. The van der Waals surface area contributed by atoms with Crippen molar-refractivity contribution in [1.29, 1.82) is 0 Å². The molecule has 0 saturated heterocycles. The molecule has 0 aromatic heterocycles. The van der Waals surface area contributed by atoms with Crippen LogP contribution >= 0.6 is 12.2 Å². The summed E-state index contributed by atoms with van der Waals surface area (Å²) in [5.41, 5.74) is 6.33. The number of carbonyl (C=O) groups excluding carboxylic acids is 1. The monoisotopic (exact) mass is 295 g/mol. The topological polar surface area (TPSA) is 62.4 Å². The molecule has 6 heteroatoms. The molecule has 3 N–H and O–H groups in total. The molecule has 1 atom stereocenters. The van der Waals surface area contributed by atoms with Gasteiger partial charge < -0.3 is 10.1 Å². The molecule has 0 aliphatic carbocycles. The number of benzene rings is 1. The molecule has 20 heavy (non-hydrogen) atoms. The summed E-state index contributed by atoms with van der Waals surface area (Å²) < 4.78 is 5.55. The second kappa shape index (κ2) is 8.37. The van der Waals surface area contributed by atoms with Crippen LogP contribution in [0.25, 0.3) is 0 Å². The van der Waals surface area contributed by atoms with Gasteiger partial charge in [0.05, 0.1) is 0 Å². The van der Waals surface area contributed by atoms with E-state index < -0.39 is 6.10 Å². The third-order valence-electron chi connectivity index (χ3n) is 2.65.